The Balaban J connectivity index is 1.82. The van der Waals surface area contributed by atoms with Crippen LogP contribution in [0.1, 0.15) is 26.7 Å². The van der Waals surface area contributed by atoms with Gasteiger partial charge in [-0.1, -0.05) is 0 Å². The molecule has 0 radical (unpaired) electrons. The van der Waals surface area contributed by atoms with Crippen LogP contribution in [-0.4, -0.2) is 46.2 Å². The van der Waals surface area contributed by atoms with Gasteiger partial charge < -0.3 is 14.8 Å². The molecule has 1 aromatic carbocycles. The number of sulfonamides is 1. The van der Waals surface area contributed by atoms with E-state index in [2.05, 4.69) is 10.0 Å². The van der Waals surface area contributed by atoms with Gasteiger partial charge in [0.2, 0.25) is 15.9 Å². The van der Waals surface area contributed by atoms with Crippen LogP contribution in [0.5, 0.6) is 5.75 Å². The maximum absolute atomic E-state index is 12.2. The molecule has 0 bridgehead atoms. The zero-order valence-electron chi connectivity index (χ0n) is 13.9. The van der Waals surface area contributed by atoms with Gasteiger partial charge in [0.05, 0.1) is 23.6 Å². The third kappa shape index (κ3) is 5.77. The molecule has 1 amide bonds. The molecular weight excluding hydrogens is 332 g/mol. The second kappa shape index (κ2) is 8.46. The van der Waals surface area contributed by atoms with Gasteiger partial charge in [-0.15, -0.1) is 0 Å². The minimum atomic E-state index is -3.74. The standard InChI is InChI=1S/C16H24N2O5S/c1-12(2)23-13-5-7-15(8-6-13)24(20,21)18-11-16(19)17-10-14-4-3-9-22-14/h5-8,12,14,18H,3-4,9-11H2,1-2H3,(H,17,19). The van der Waals surface area contributed by atoms with E-state index in [9.17, 15) is 13.2 Å². The van der Waals surface area contributed by atoms with Crippen LogP contribution in [0.4, 0.5) is 0 Å². The number of amides is 1. The van der Waals surface area contributed by atoms with Crippen LogP contribution in [0.15, 0.2) is 29.2 Å². The maximum atomic E-state index is 12.2. The summed E-state index contributed by atoms with van der Waals surface area (Å²) in [6.45, 7) is 4.59. The van der Waals surface area contributed by atoms with Crippen molar-refractivity contribution in [1.82, 2.24) is 10.0 Å². The Hall–Kier alpha value is -1.64. The van der Waals surface area contributed by atoms with Gasteiger partial charge >= 0.3 is 0 Å². The van der Waals surface area contributed by atoms with Crippen molar-refractivity contribution in [3.63, 3.8) is 0 Å². The van der Waals surface area contributed by atoms with Crippen molar-refractivity contribution >= 4 is 15.9 Å². The quantitative estimate of drug-likeness (QED) is 0.726. The van der Waals surface area contributed by atoms with Gasteiger partial charge in [0.25, 0.3) is 0 Å². The maximum Gasteiger partial charge on any atom is 0.241 e. The molecule has 134 valence electrons. The first-order valence-electron chi connectivity index (χ1n) is 8.01. The van der Waals surface area contributed by atoms with E-state index in [-0.39, 0.29) is 29.6 Å². The fraction of sp³-hybridized carbons (Fsp3) is 0.562. The Bertz CT molecular complexity index is 637. The lowest BCUT2D eigenvalue weighted by Gasteiger charge is -2.12. The Morgan fingerprint density at radius 1 is 1.33 bits per heavy atom. The summed E-state index contributed by atoms with van der Waals surface area (Å²) in [7, 11) is -3.74. The minimum Gasteiger partial charge on any atom is -0.491 e. The molecule has 0 spiro atoms. The van der Waals surface area contributed by atoms with Gasteiger partial charge in [-0.25, -0.2) is 13.1 Å². The largest absolute Gasteiger partial charge is 0.491 e. The molecule has 0 aromatic heterocycles. The number of rotatable bonds is 8. The topological polar surface area (TPSA) is 93.7 Å². The summed E-state index contributed by atoms with van der Waals surface area (Å²) < 4.78 is 37.5. The molecule has 1 unspecified atom stereocenters. The molecule has 1 fully saturated rings. The average molecular weight is 356 g/mol. The van der Waals surface area contributed by atoms with Crippen LogP contribution in [0, 0.1) is 0 Å². The van der Waals surface area contributed by atoms with Gasteiger partial charge in [-0.05, 0) is 51.0 Å². The van der Waals surface area contributed by atoms with E-state index < -0.39 is 10.0 Å². The van der Waals surface area contributed by atoms with Crippen LogP contribution in [0.3, 0.4) is 0 Å². The first-order chi connectivity index (χ1) is 11.4. The first kappa shape index (κ1) is 18.7. The highest BCUT2D eigenvalue weighted by atomic mass is 32.2. The first-order valence-corrected chi connectivity index (χ1v) is 9.50. The van der Waals surface area contributed by atoms with Crippen LogP contribution >= 0.6 is 0 Å². The monoisotopic (exact) mass is 356 g/mol. The van der Waals surface area contributed by atoms with E-state index in [0.717, 1.165) is 12.8 Å². The van der Waals surface area contributed by atoms with Crippen molar-refractivity contribution < 1.29 is 22.7 Å². The lowest BCUT2D eigenvalue weighted by atomic mass is 10.2. The van der Waals surface area contributed by atoms with E-state index >= 15 is 0 Å². The van der Waals surface area contributed by atoms with Crippen molar-refractivity contribution in [3.05, 3.63) is 24.3 Å². The molecule has 1 aliphatic rings. The Morgan fingerprint density at radius 2 is 2.04 bits per heavy atom. The summed E-state index contributed by atoms with van der Waals surface area (Å²) in [6, 6.07) is 6.08. The number of ether oxygens (including phenoxy) is 2. The summed E-state index contributed by atoms with van der Waals surface area (Å²) in [5, 5.41) is 2.67. The van der Waals surface area contributed by atoms with Crippen molar-refractivity contribution in [1.29, 1.82) is 0 Å². The van der Waals surface area contributed by atoms with Gasteiger partial charge in [-0.3, -0.25) is 4.79 Å². The molecule has 2 N–H and O–H groups in total. The van der Waals surface area contributed by atoms with Gasteiger partial charge in [-0.2, -0.15) is 0 Å². The molecule has 2 rings (SSSR count). The number of benzene rings is 1. The van der Waals surface area contributed by atoms with E-state index in [4.69, 9.17) is 9.47 Å². The fourth-order valence-electron chi connectivity index (χ4n) is 2.31. The molecule has 1 heterocycles. The smallest absolute Gasteiger partial charge is 0.241 e. The minimum absolute atomic E-state index is 0.0122. The van der Waals surface area contributed by atoms with Crippen molar-refractivity contribution in [2.75, 3.05) is 19.7 Å². The number of hydrogen-bond acceptors (Lipinski definition) is 5. The predicted molar refractivity (Wildman–Crippen MR) is 89.4 cm³/mol. The van der Waals surface area contributed by atoms with Crippen molar-refractivity contribution in [2.45, 2.75) is 43.8 Å². The van der Waals surface area contributed by atoms with Crippen molar-refractivity contribution in [3.8, 4) is 5.75 Å². The van der Waals surface area contributed by atoms with Gasteiger partial charge in [0, 0.05) is 13.2 Å². The van der Waals surface area contributed by atoms with Crippen LogP contribution in [-0.2, 0) is 19.6 Å². The normalized spacial score (nSPS) is 17.9. The highest BCUT2D eigenvalue weighted by Gasteiger charge is 2.18. The van der Waals surface area contributed by atoms with E-state index in [0.29, 0.717) is 18.9 Å². The molecule has 1 saturated heterocycles. The van der Waals surface area contributed by atoms with E-state index in [1.807, 2.05) is 13.8 Å². The molecular formula is C16H24N2O5S. The Labute approximate surface area is 142 Å². The zero-order chi connectivity index (χ0) is 17.6. The predicted octanol–water partition coefficient (Wildman–Crippen LogP) is 1.05. The summed E-state index contributed by atoms with van der Waals surface area (Å²) in [5.74, 6) is 0.215. The summed E-state index contributed by atoms with van der Waals surface area (Å²) in [4.78, 5) is 11.8. The van der Waals surface area contributed by atoms with Crippen molar-refractivity contribution in [2.24, 2.45) is 0 Å². The highest BCUT2D eigenvalue weighted by molar-refractivity contribution is 7.89. The highest BCUT2D eigenvalue weighted by Crippen LogP contribution is 2.17. The molecule has 1 aliphatic heterocycles. The summed E-state index contributed by atoms with van der Waals surface area (Å²) in [6.07, 6.45) is 1.94. The Morgan fingerprint density at radius 3 is 2.62 bits per heavy atom. The number of hydrogen-bond donors (Lipinski definition) is 2. The number of carbonyl (C=O) groups is 1. The molecule has 1 atom stereocenters. The molecule has 24 heavy (non-hydrogen) atoms. The second-order valence-electron chi connectivity index (χ2n) is 5.90. The lowest BCUT2D eigenvalue weighted by Crippen LogP contribution is -2.39. The SMILES string of the molecule is CC(C)Oc1ccc(S(=O)(=O)NCC(=O)NCC2CCCO2)cc1. The lowest BCUT2D eigenvalue weighted by molar-refractivity contribution is -0.120. The van der Waals surface area contributed by atoms with E-state index in [1.54, 1.807) is 12.1 Å². The second-order valence-corrected chi connectivity index (χ2v) is 7.67. The average Bonchev–Trinajstić information content (AvgIpc) is 3.04. The molecule has 0 aliphatic carbocycles. The third-order valence-corrected chi connectivity index (χ3v) is 4.90. The number of carbonyl (C=O) groups excluding carboxylic acids is 1. The van der Waals surface area contributed by atoms with E-state index in [1.165, 1.54) is 12.1 Å². The summed E-state index contributed by atoms with van der Waals surface area (Å²) in [5.41, 5.74) is 0. The summed E-state index contributed by atoms with van der Waals surface area (Å²) >= 11 is 0. The van der Waals surface area contributed by atoms with Gasteiger partial charge in [0.1, 0.15) is 5.75 Å². The number of nitrogens with one attached hydrogen (secondary N) is 2. The third-order valence-electron chi connectivity index (χ3n) is 3.48. The Kier molecular flexibility index (Phi) is 6.59. The van der Waals surface area contributed by atoms with Crippen LogP contribution < -0.4 is 14.8 Å². The molecule has 8 heteroatoms. The van der Waals surface area contributed by atoms with Gasteiger partial charge in [0.15, 0.2) is 0 Å². The van der Waals surface area contributed by atoms with Crippen LogP contribution in [0.25, 0.3) is 0 Å². The fourth-order valence-corrected chi connectivity index (χ4v) is 3.29. The molecule has 1 aromatic rings. The molecule has 0 saturated carbocycles. The molecule has 7 nitrogen and oxygen atoms in total. The zero-order valence-corrected chi connectivity index (χ0v) is 14.8. The van der Waals surface area contributed by atoms with Crippen LogP contribution in [0.2, 0.25) is 0 Å².